The Hall–Kier alpha value is -2.11. The first-order chi connectivity index (χ1) is 8.50. The number of carboxylic acids is 1. The summed E-state index contributed by atoms with van der Waals surface area (Å²) in [6, 6.07) is 1.34. The van der Waals surface area contributed by atoms with Gasteiger partial charge in [0.05, 0.1) is 6.10 Å². The van der Waals surface area contributed by atoms with E-state index in [2.05, 4.69) is 4.98 Å². The molecule has 1 fully saturated rings. The fraction of sp³-hybridized carbons (Fsp3) is 0.417. The Morgan fingerprint density at radius 3 is 2.61 bits per heavy atom. The number of aromatic carboxylic acids is 1. The summed E-state index contributed by atoms with van der Waals surface area (Å²) in [5.74, 6) is -1.42. The number of carbonyl (C=O) groups excluding carboxylic acids is 1. The van der Waals surface area contributed by atoms with Gasteiger partial charge >= 0.3 is 5.97 Å². The lowest BCUT2D eigenvalue weighted by molar-refractivity contribution is 0.0691. The largest absolute Gasteiger partial charge is 0.487 e. The van der Waals surface area contributed by atoms with Crippen molar-refractivity contribution in [1.82, 2.24) is 9.88 Å². The molecule has 0 bridgehead atoms. The second-order valence-corrected chi connectivity index (χ2v) is 4.36. The van der Waals surface area contributed by atoms with Crippen molar-refractivity contribution in [2.45, 2.75) is 18.9 Å². The third-order valence-corrected chi connectivity index (χ3v) is 2.55. The van der Waals surface area contributed by atoms with Gasteiger partial charge < -0.3 is 14.7 Å². The molecule has 0 atom stereocenters. The molecule has 2 rings (SSSR count). The van der Waals surface area contributed by atoms with Gasteiger partial charge in [-0.1, -0.05) is 0 Å². The molecule has 6 heteroatoms. The van der Waals surface area contributed by atoms with E-state index in [0.717, 1.165) is 12.8 Å². The van der Waals surface area contributed by atoms with Crippen molar-refractivity contribution in [2.24, 2.45) is 0 Å². The van der Waals surface area contributed by atoms with Gasteiger partial charge in [0.25, 0.3) is 5.91 Å². The van der Waals surface area contributed by atoms with Crippen LogP contribution in [-0.4, -0.2) is 47.1 Å². The van der Waals surface area contributed by atoms with E-state index in [0.29, 0.717) is 0 Å². The minimum Gasteiger partial charge on any atom is -0.487 e. The van der Waals surface area contributed by atoms with Crippen LogP contribution in [0.3, 0.4) is 0 Å². The van der Waals surface area contributed by atoms with Crippen molar-refractivity contribution in [1.29, 1.82) is 0 Å². The minimum atomic E-state index is -1.12. The van der Waals surface area contributed by atoms with E-state index in [-0.39, 0.29) is 29.0 Å². The van der Waals surface area contributed by atoms with Crippen molar-refractivity contribution in [3.8, 4) is 5.75 Å². The molecule has 0 unspecified atom stereocenters. The van der Waals surface area contributed by atoms with E-state index in [4.69, 9.17) is 9.84 Å². The predicted octanol–water partition coefficient (Wildman–Crippen LogP) is 1.02. The molecular weight excluding hydrogens is 236 g/mol. The number of pyridine rings is 1. The third kappa shape index (κ3) is 2.42. The molecule has 1 N–H and O–H groups in total. The molecule has 1 aromatic heterocycles. The smallest absolute Gasteiger partial charge is 0.339 e. The van der Waals surface area contributed by atoms with Crippen LogP contribution in [0.1, 0.15) is 33.7 Å². The quantitative estimate of drug-likeness (QED) is 0.863. The van der Waals surface area contributed by atoms with Crippen molar-refractivity contribution in [3.63, 3.8) is 0 Å². The van der Waals surface area contributed by atoms with E-state index in [1.807, 2.05) is 0 Å². The molecule has 1 aliphatic rings. The highest BCUT2D eigenvalue weighted by Gasteiger charge is 2.30. The Morgan fingerprint density at radius 2 is 2.11 bits per heavy atom. The molecule has 6 nitrogen and oxygen atoms in total. The summed E-state index contributed by atoms with van der Waals surface area (Å²) < 4.78 is 5.53. The average Bonchev–Trinajstić information content (AvgIpc) is 3.11. The molecule has 0 aromatic carbocycles. The summed E-state index contributed by atoms with van der Waals surface area (Å²) in [5, 5.41) is 9.11. The van der Waals surface area contributed by atoms with Gasteiger partial charge in [0.15, 0.2) is 11.4 Å². The highest BCUT2D eigenvalue weighted by molar-refractivity contribution is 6.00. The number of hydrogen-bond donors (Lipinski definition) is 1. The molecule has 96 valence electrons. The number of ether oxygens (including phenoxy) is 1. The lowest BCUT2D eigenvalue weighted by Crippen LogP contribution is -2.24. The molecular formula is C12H14N2O4. The van der Waals surface area contributed by atoms with Crippen LogP contribution in [-0.2, 0) is 0 Å². The van der Waals surface area contributed by atoms with Crippen LogP contribution in [0, 0.1) is 0 Å². The fourth-order valence-electron chi connectivity index (χ4n) is 1.45. The summed E-state index contributed by atoms with van der Waals surface area (Å²) in [7, 11) is 3.16. The lowest BCUT2D eigenvalue weighted by Gasteiger charge is -2.15. The monoisotopic (exact) mass is 250 g/mol. The summed E-state index contributed by atoms with van der Waals surface area (Å²) in [6.45, 7) is 0. The molecule has 1 heterocycles. The maximum Gasteiger partial charge on any atom is 0.339 e. The second kappa shape index (κ2) is 4.64. The van der Waals surface area contributed by atoms with E-state index >= 15 is 0 Å². The van der Waals surface area contributed by atoms with Crippen LogP contribution in [0.15, 0.2) is 12.3 Å². The first-order valence-corrected chi connectivity index (χ1v) is 5.61. The zero-order chi connectivity index (χ0) is 13.3. The van der Waals surface area contributed by atoms with Gasteiger partial charge in [-0.25, -0.2) is 9.78 Å². The van der Waals surface area contributed by atoms with Gasteiger partial charge in [-0.05, 0) is 18.9 Å². The topological polar surface area (TPSA) is 79.7 Å². The van der Waals surface area contributed by atoms with Gasteiger partial charge in [-0.3, -0.25) is 4.79 Å². The Labute approximate surface area is 104 Å². The number of hydrogen-bond acceptors (Lipinski definition) is 4. The predicted molar refractivity (Wildman–Crippen MR) is 62.9 cm³/mol. The van der Waals surface area contributed by atoms with Crippen LogP contribution < -0.4 is 4.74 Å². The zero-order valence-electron chi connectivity index (χ0n) is 10.2. The van der Waals surface area contributed by atoms with Crippen molar-refractivity contribution in [3.05, 3.63) is 23.5 Å². The number of aromatic nitrogens is 1. The van der Waals surface area contributed by atoms with Crippen molar-refractivity contribution < 1.29 is 19.4 Å². The van der Waals surface area contributed by atoms with Crippen LogP contribution >= 0.6 is 0 Å². The summed E-state index contributed by atoms with van der Waals surface area (Å²) >= 11 is 0. The molecule has 0 saturated heterocycles. The number of nitrogens with zero attached hydrogens (tertiary/aromatic N) is 2. The molecule has 0 spiro atoms. The fourth-order valence-corrected chi connectivity index (χ4v) is 1.45. The summed E-state index contributed by atoms with van der Waals surface area (Å²) in [4.78, 5) is 28.4. The number of carboxylic acid groups (broad SMARTS) is 1. The summed E-state index contributed by atoms with van der Waals surface area (Å²) in [5.41, 5.74) is 0.0221. The van der Waals surface area contributed by atoms with Crippen LogP contribution in [0.2, 0.25) is 0 Å². The molecule has 0 aliphatic heterocycles. The second-order valence-electron chi connectivity index (χ2n) is 4.36. The van der Waals surface area contributed by atoms with Crippen molar-refractivity contribution in [2.75, 3.05) is 14.1 Å². The Balaban J connectivity index is 2.46. The van der Waals surface area contributed by atoms with Gasteiger partial charge in [0.2, 0.25) is 0 Å². The third-order valence-electron chi connectivity index (χ3n) is 2.55. The van der Waals surface area contributed by atoms with E-state index in [9.17, 15) is 9.59 Å². The normalized spacial score (nSPS) is 14.1. The Bertz CT molecular complexity index is 495. The van der Waals surface area contributed by atoms with Gasteiger partial charge in [0.1, 0.15) is 5.56 Å². The summed E-state index contributed by atoms with van der Waals surface area (Å²) in [6.07, 6.45) is 3.06. The number of carbonyl (C=O) groups is 2. The highest BCUT2D eigenvalue weighted by atomic mass is 16.5. The lowest BCUT2D eigenvalue weighted by atomic mass is 10.2. The molecule has 1 aliphatic carbocycles. The Morgan fingerprint density at radius 1 is 1.44 bits per heavy atom. The first kappa shape index (κ1) is 12.3. The van der Waals surface area contributed by atoms with Gasteiger partial charge in [-0.15, -0.1) is 0 Å². The average molecular weight is 250 g/mol. The maximum absolute atomic E-state index is 11.9. The van der Waals surface area contributed by atoms with Crippen LogP contribution in [0.25, 0.3) is 0 Å². The van der Waals surface area contributed by atoms with E-state index in [1.54, 1.807) is 14.1 Å². The molecule has 18 heavy (non-hydrogen) atoms. The van der Waals surface area contributed by atoms with Gasteiger partial charge in [0, 0.05) is 20.3 Å². The highest BCUT2D eigenvalue weighted by Crippen LogP contribution is 2.31. The standard InChI is InChI=1S/C12H14N2O4/c1-14(2)11(15)9-10(18-7-3-4-7)8(12(16)17)5-6-13-9/h5-7H,3-4H2,1-2H3,(H,16,17). The number of amides is 1. The van der Waals surface area contributed by atoms with Gasteiger partial charge in [-0.2, -0.15) is 0 Å². The van der Waals surface area contributed by atoms with Crippen LogP contribution in [0.4, 0.5) is 0 Å². The minimum absolute atomic E-state index is 0.000937. The van der Waals surface area contributed by atoms with E-state index in [1.165, 1.54) is 17.2 Å². The number of rotatable bonds is 4. The SMILES string of the molecule is CN(C)C(=O)c1nccc(C(=O)O)c1OC1CC1. The first-order valence-electron chi connectivity index (χ1n) is 5.61. The molecule has 0 radical (unpaired) electrons. The van der Waals surface area contributed by atoms with Crippen LogP contribution in [0.5, 0.6) is 5.75 Å². The Kier molecular flexibility index (Phi) is 3.18. The molecule has 1 amide bonds. The molecule has 1 saturated carbocycles. The van der Waals surface area contributed by atoms with E-state index < -0.39 is 5.97 Å². The zero-order valence-corrected chi connectivity index (χ0v) is 10.2. The maximum atomic E-state index is 11.9. The van der Waals surface area contributed by atoms with Crippen molar-refractivity contribution >= 4 is 11.9 Å². The molecule has 1 aromatic rings.